The number of nitrogen functional groups attached to an aromatic ring is 1. The topological polar surface area (TPSA) is 61.0 Å². The van der Waals surface area contributed by atoms with Gasteiger partial charge in [0.05, 0.1) is 6.10 Å². The Labute approximate surface area is 123 Å². The van der Waals surface area contributed by atoms with Crippen LogP contribution in [0, 0.1) is 0 Å². The van der Waals surface area contributed by atoms with Crippen LogP contribution in [-0.2, 0) is 0 Å². The van der Waals surface area contributed by atoms with E-state index in [2.05, 4.69) is 10.2 Å². The second-order valence-electron chi connectivity index (χ2n) is 5.17. The highest BCUT2D eigenvalue weighted by atomic mass is 16.5. The number of ether oxygens (including phenoxy) is 1. The molecule has 0 fully saturated rings. The van der Waals surface area contributed by atoms with Crippen LogP contribution in [-0.4, -0.2) is 16.3 Å². The van der Waals surface area contributed by atoms with E-state index in [9.17, 15) is 0 Å². The van der Waals surface area contributed by atoms with Crippen LogP contribution in [0.2, 0.25) is 0 Å². The van der Waals surface area contributed by atoms with Crippen LogP contribution in [0.25, 0.3) is 22.0 Å². The van der Waals surface area contributed by atoms with Crippen LogP contribution >= 0.6 is 0 Å². The molecule has 106 valence electrons. The largest absolute Gasteiger partial charge is 0.491 e. The van der Waals surface area contributed by atoms with Gasteiger partial charge in [-0.25, -0.2) is 0 Å². The highest BCUT2D eigenvalue weighted by molar-refractivity contribution is 5.99. The van der Waals surface area contributed by atoms with Gasteiger partial charge in [-0.2, -0.15) is 0 Å². The van der Waals surface area contributed by atoms with Gasteiger partial charge in [0.25, 0.3) is 0 Å². The Morgan fingerprint density at radius 2 is 1.57 bits per heavy atom. The molecule has 3 aromatic rings. The van der Waals surface area contributed by atoms with E-state index >= 15 is 0 Å². The van der Waals surface area contributed by atoms with Gasteiger partial charge in [0.2, 0.25) is 0 Å². The number of fused-ring (bicyclic) bond motifs is 1. The number of anilines is 1. The zero-order chi connectivity index (χ0) is 14.8. The molecule has 1 aromatic heterocycles. The summed E-state index contributed by atoms with van der Waals surface area (Å²) in [6.07, 6.45) is 0.160. The number of hydrogen-bond acceptors (Lipinski definition) is 4. The molecule has 4 heteroatoms. The predicted molar refractivity (Wildman–Crippen MR) is 85.2 cm³/mol. The quantitative estimate of drug-likeness (QED) is 0.794. The van der Waals surface area contributed by atoms with Gasteiger partial charge in [0.15, 0.2) is 5.82 Å². The first-order valence-corrected chi connectivity index (χ1v) is 6.93. The van der Waals surface area contributed by atoms with Crippen molar-refractivity contribution < 1.29 is 4.74 Å². The van der Waals surface area contributed by atoms with Crippen molar-refractivity contribution >= 4 is 16.6 Å². The SMILES string of the molecule is CC(C)Oc1ccc(-c2nnc(N)c3ccccc23)cc1. The lowest BCUT2D eigenvalue weighted by Gasteiger charge is -2.11. The van der Waals surface area contributed by atoms with E-state index in [1.165, 1.54) is 0 Å². The first-order valence-electron chi connectivity index (χ1n) is 6.93. The summed E-state index contributed by atoms with van der Waals surface area (Å²) in [6.45, 7) is 4.01. The zero-order valence-electron chi connectivity index (χ0n) is 12.1. The summed E-state index contributed by atoms with van der Waals surface area (Å²) in [4.78, 5) is 0. The van der Waals surface area contributed by atoms with Gasteiger partial charge in [0, 0.05) is 16.3 Å². The van der Waals surface area contributed by atoms with Crippen LogP contribution < -0.4 is 10.5 Å². The smallest absolute Gasteiger partial charge is 0.154 e. The molecule has 0 aliphatic carbocycles. The van der Waals surface area contributed by atoms with Gasteiger partial charge in [-0.05, 0) is 38.1 Å². The molecule has 0 amide bonds. The Bertz CT molecular complexity index is 767. The van der Waals surface area contributed by atoms with Crippen LogP contribution in [0.15, 0.2) is 48.5 Å². The summed E-state index contributed by atoms with van der Waals surface area (Å²) >= 11 is 0. The van der Waals surface area contributed by atoms with Crippen molar-refractivity contribution in [1.29, 1.82) is 0 Å². The minimum absolute atomic E-state index is 0.160. The Morgan fingerprint density at radius 3 is 2.24 bits per heavy atom. The molecule has 0 radical (unpaired) electrons. The molecule has 0 saturated carbocycles. The van der Waals surface area contributed by atoms with Gasteiger partial charge in [0.1, 0.15) is 11.4 Å². The molecule has 4 nitrogen and oxygen atoms in total. The molecule has 2 N–H and O–H groups in total. The lowest BCUT2D eigenvalue weighted by Crippen LogP contribution is -2.05. The van der Waals surface area contributed by atoms with Gasteiger partial charge in [-0.1, -0.05) is 24.3 Å². The molecule has 0 saturated heterocycles. The Morgan fingerprint density at radius 1 is 0.905 bits per heavy atom. The fraction of sp³-hybridized carbons (Fsp3) is 0.176. The van der Waals surface area contributed by atoms with Crippen molar-refractivity contribution in [3.8, 4) is 17.0 Å². The Hall–Kier alpha value is -2.62. The number of benzene rings is 2. The summed E-state index contributed by atoms with van der Waals surface area (Å²) in [7, 11) is 0. The molecule has 0 aliphatic heterocycles. The maximum atomic E-state index is 5.89. The number of aromatic nitrogens is 2. The van der Waals surface area contributed by atoms with Crippen molar-refractivity contribution in [1.82, 2.24) is 10.2 Å². The van der Waals surface area contributed by atoms with E-state index in [0.29, 0.717) is 5.82 Å². The highest BCUT2D eigenvalue weighted by Gasteiger charge is 2.09. The first kappa shape index (κ1) is 13.4. The molecule has 3 rings (SSSR count). The fourth-order valence-electron chi connectivity index (χ4n) is 2.30. The summed E-state index contributed by atoms with van der Waals surface area (Å²) in [5.74, 6) is 1.30. The Kier molecular flexibility index (Phi) is 3.44. The summed E-state index contributed by atoms with van der Waals surface area (Å²) in [5, 5.41) is 10.2. The minimum atomic E-state index is 0.160. The van der Waals surface area contributed by atoms with Crippen LogP contribution in [0.5, 0.6) is 5.75 Å². The lowest BCUT2D eigenvalue weighted by molar-refractivity contribution is 0.242. The predicted octanol–water partition coefficient (Wildman–Crippen LogP) is 3.67. The maximum absolute atomic E-state index is 5.89. The molecule has 0 bridgehead atoms. The van der Waals surface area contributed by atoms with E-state index in [0.717, 1.165) is 27.8 Å². The summed E-state index contributed by atoms with van der Waals surface area (Å²) in [5.41, 5.74) is 7.71. The normalized spacial score (nSPS) is 11.0. The molecule has 1 heterocycles. The van der Waals surface area contributed by atoms with E-state index in [-0.39, 0.29) is 6.10 Å². The van der Waals surface area contributed by atoms with E-state index < -0.39 is 0 Å². The van der Waals surface area contributed by atoms with Crippen molar-refractivity contribution in [2.45, 2.75) is 20.0 Å². The second-order valence-corrected chi connectivity index (χ2v) is 5.17. The molecule has 0 atom stereocenters. The molecular weight excluding hydrogens is 262 g/mol. The number of nitrogens with zero attached hydrogens (tertiary/aromatic N) is 2. The Balaban J connectivity index is 2.06. The highest BCUT2D eigenvalue weighted by Crippen LogP contribution is 2.29. The molecule has 0 aliphatic rings. The summed E-state index contributed by atoms with van der Waals surface area (Å²) < 4.78 is 5.66. The van der Waals surface area contributed by atoms with Crippen molar-refractivity contribution in [2.24, 2.45) is 0 Å². The number of hydrogen-bond donors (Lipinski definition) is 1. The van der Waals surface area contributed by atoms with Gasteiger partial charge in [-0.3, -0.25) is 0 Å². The van der Waals surface area contributed by atoms with Crippen molar-refractivity contribution in [3.63, 3.8) is 0 Å². The number of rotatable bonds is 3. The molecule has 2 aromatic carbocycles. The van der Waals surface area contributed by atoms with Crippen molar-refractivity contribution in [3.05, 3.63) is 48.5 Å². The molecule has 0 unspecified atom stereocenters. The average Bonchev–Trinajstić information content (AvgIpc) is 2.48. The maximum Gasteiger partial charge on any atom is 0.154 e. The number of nitrogens with two attached hydrogens (primary N) is 1. The second kappa shape index (κ2) is 5.40. The standard InChI is InChI=1S/C17H17N3O/c1-11(2)21-13-9-7-12(8-10-13)16-14-5-3-4-6-15(14)17(18)20-19-16/h3-11H,1-2H3,(H2,18,20). The third-order valence-corrected chi connectivity index (χ3v) is 3.22. The molecular formula is C17H17N3O. The average molecular weight is 279 g/mol. The van der Waals surface area contributed by atoms with Gasteiger partial charge in [-0.15, -0.1) is 10.2 Å². The van der Waals surface area contributed by atoms with Gasteiger partial charge < -0.3 is 10.5 Å². The monoisotopic (exact) mass is 279 g/mol. The lowest BCUT2D eigenvalue weighted by atomic mass is 10.0. The van der Waals surface area contributed by atoms with E-state index in [1.54, 1.807) is 0 Å². The van der Waals surface area contributed by atoms with Crippen LogP contribution in [0.3, 0.4) is 0 Å². The van der Waals surface area contributed by atoms with Gasteiger partial charge >= 0.3 is 0 Å². The molecule has 21 heavy (non-hydrogen) atoms. The van der Waals surface area contributed by atoms with Crippen molar-refractivity contribution in [2.75, 3.05) is 5.73 Å². The first-order chi connectivity index (χ1) is 10.1. The van der Waals surface area contributed by atoms with Crippen LogP contribution in [0.4, 0.5) is 5.82 Å². The van der Waals surface area contributed by atoms with Crippen LogP contribution in [0.1, 0.15) is 13.8 Å². The van der Waals surface area contributed by atoms with E-state index in [1.807, 2.05) is 62.4 Å². The van der Waals surface area contributed by atoms with E-state index in [4.69, 9.17) is 10.5 Å². The third kappa shape index (κ3) is 2.65. The molecule has 0 spiro atoms. The fourth-order valence-corrected chi connectivity index (χ4v) is 2.30. The zero-order valence-corrected chi connectivity index (χ0v) is 12.1. The summed E-state index contributed by atoms with van der Waals surface area (Å²) in [6, 6.07) is 15.8. The minimum Gasteiger partial charge on any atom is -0.491 e. The third-order valence-electron chi connectivity index (χ3n) is 3.22.